The third kappa shape index (κ3) is 5.18. The first-order valence-electron chi connectivity index (χ1n) is 11.2. The van der Waals surface area contributed by atoms with E-state index < -0.39 is 0 Å². The van der Waals surface area contributed by atoms with Crippen molar-refractivity contribution in [3.63, 3.8) is 0 Å². The van der Waals surface area contributed by atoms with Crippen LogP contribution in [0.4, 0.5) is 10.1 Å². The number of nitrogens with zero attached hydrogens (tertiary/aromatic N) is 2. The molecule has 2 fully saturated rings. The van der Waals surface area contributed by atoms with E-state index in [0.717, 1.165) is 63.6 Å². The zero-order valence-electron chi connectivity index (χ0n) is 18.5. The van der Waals surface area contributed by atoms with E-state index in [2.05, 4.69) is 51.7 Å². The lowest BCUT2D eigenvalue weighted by Crippen LogP contribution is -2.50. The first-order chi connectivity index (χ1) is 15.1. The highest BCUT2D eigenvalue weighted by atomic mass is 19.1. The molecular weight excluding hydrogens is 391 g/mol. The van der Waals surface area contributed by atoms with Gasteiger partial charge in [0.2, 0.25) is 0 Å². The maximum atomic E-state index is 13.5. The molecule has 0 aliphatic carbocycles. The van der Waals surface area contributed by atoms with E-state index in [1.807, 2.05) is 19.2 Å². The van der Waals surface area contributed by atoms with Crippen LogP contribution in [0.1, 0.15) is 30.4 Å². The van der Waals surface area contributed by atoms with Crippen LogP contribution in [0.3, 0.4) is 0 Å². The SMILES string of the molecule is CN=C(NCC1(c2ccc(F)cc2)CCOCC1)NC1CCN(c2ccc(C)cc2)C1. The van der Waals surface area contributed by atoms with Crippen LogP contribution < -0.4 is 15.5 Å². The van der Waals surface area contributed by atoms with Gasteiger partial charge in [-0.15, -0.1) is 0 Å². The van der Waals surface area contributed by atoms with Crippen molar-refractivity contribution in [1.82, 2.24) is 10.6 Å². The van der Waals surface area contributed by atoms with Gasteiger partial charge in [0, 0.05) is 57.0 Å². The molecule has 2 aromatic carbocycles. The number of halogens is 1. The number of ether oxygens (including phenoxy) is 1. The Morgan fingerprint density at radius 3 is 2.52 bits per heavy atom. The van der Waals surface area contributed by atoms with Crippen LogP contribution in [0.25, 0.3) is 0 Å². The molecular formula is C25H33FN4O. The van der Waals surface area contributed by atoms with Crippen LogP contribution in [0, 0.1) is 12.7 Å². The predicted octanol–water partition coefficient (Wildman–Crippen LogP) is 3.63. The molecule has 0 radical (unpaired) electrons. The Labute approximate surface area is 184 Å². The van der Waals surface area contributed by atoms with Crippen molar-refractivity contribution in [2.45, 2.75) is 37.6 Å². The van der Waals surface area contributed by atoms with Crippen LogP contribution in [-0.4, -0.2) is 51.9 Å². The highest BCUT2D eigenvalue weighted by molar-refractivity contribution is 5.80. The van der Waals surface area contributed by atoms with Gasteiger partial charge in [0.1, 0.15) is 5.82 Å². The summed E-state index contributed by atoms with van der Waals surface area (Å²) in [6.07, 6.45) is 2.89. The molecule has 1 unspecified atom stereocenters. The van der Waals surface area contributed by atoms with Crippen LogP contribution in [-0.2, 0) is 10.2 Å². The molecule has 2 N–H and O–H groups in total. The summed E-state index contributed by atoms with van der Waals surface area (Å²) in [4.78, 5) is 6.89. The summed E-state index contributed by atoms with van der Waals surface area (Å²) < 4.78 is 19.1. The van der Waals surface area contributed by atoms with Gasteiger partial charge in [0.25, 0.3) is 0 Å². The summed E-state index contributed by atoms with van der Waals surface area (Å²) >= 11 is 0. The predicted molar refractivity (Wildman–Crippen MR) is 124 cm³/mol. The molecule has 2 aliphatic rings. The average Bonchev–Trinajstić information content (AvgIpc) is 3.26. The molecule has 0 amide bonds. The van der Waals surface area contributed by atoms with E-state index in [1.165, 1.54) is 11.3 Å². The standard InChI is InChI=1S/C25H33FN4O/c1-19-3-9-23(10-4-19)30-14-11-22(17-30)29-24(27-2)28-18-25(12-15-31-16-13-25)20-5-7-21(26)8-6-20/h3-10,22H,11-18H2,1-2H3,(H2,27,28,29). The summed E-state index contributed by atoms with van der Waals surface area (Å²) in [7, 11) is 1.82. The number of nitrogens with one attached hydrogen (secondary N) is 2. The Bertz CT molecular complexity index is 875. The van der Waals surface area contributed by atoms with Gasteiger partial charge in [-0.25, -0.2) is 4.39 Å². The maximum absolute atomic E-state index is 13.5. The second-order valence-electron chi connectivity index (χ2n) is 8.74. The van der Waals surface area contributed by atoms with Gasteiger partial charge in [-0.05, 0) is 56.0 Å². The van der Waals surface area contributed by atoms with Crippen molar-refractivity contribution in [2.24, 2.45) is 4.99 Å². The van der Waals surface area contributed by atoms with E-state index in [4.69, 9.17) is 4.74 Å². The summed E-state index contributed by atoms with van der Waals surface area (Å²) in [5, 5.41) is 7.15. The molecule has 1 atom stereocenters. The Morgan fingerprint density at radius 2 is 1.84 bits per heavy atom. The smallest absolute Gasteiger partial charge is 0.191 e. The minimum absolute atomic E-state index is 0.0762. The van der Waals surface area contributed by atoms with Crippen LogP contribution in [0.5, 0.6) is 0 Å². The quantitative estimate of drug-likeness (QED) is 0.569. The van der Waals surface area contributed by atoms with Gasteiger partial charge in [-0.2, -0.15) is 0 Å². The highest BCUT2D eigenvalue weighted by Gasteiger charge is 2.35. The Hall–Kier alpha value is -2.60. The zero-order valence-corrected chi connectivity index (χ0v) is 18.5. The van der Waals surface area contributed by atoms with Gasteiger partial charge >= 0.3 is 0 Å². The van der Waals surface area contributed by atoms with Crippen molar-refractivity contribution in [3.05, 3.63) is 65.5 Å². The molecule has 0 spiro atoms. The van der Waals surface area contributed by atoms with E-state index in [1.54, 1.807) is 12.1 Å². The summed E-state index contributed by atoms with van der Waals surface area (Å²) in [6, 6.07) is 16.0. The third-order valence-corrected chi connectivity index (χ3v) is 6.65. The number of aryl methyl sites for hydroxylation is 1. The van der Waals surface area contributed by atoms with Gasteiger partial charge in [-0.1, -0.05) is 29.8 Å². The topological polar surface area (TPSA) is 48.9 Å². The number of aliphatic imine (C=N–C) groups is 1. The van der Waals surface area contributed by atoms with Crippen molar-refractivity contribution in [1.29, 1.82) is 0 Å². The van der Waals surface area contributed by atoms with Crippen molar-refractivity contribution in [2.75, 3.05) is 44.8 Å². The minimum Gasteiger partial charge on any atom is -0.381 e. The molecule has 2 saturated heterocycles. The number of hydrogen-bond donors (Lipinski definition) is 2. The third-order valence-electron chi connectivity index (χ3n) is 6.65. The molecule has 2 aromatic rings. The fourth-order valence-corrected chi connectivity index (χ4v) is 4.64. The van der Waals surface area contributed by atoms with E-state index in [9.17, 15) is 4.39 Å². The Balaban J connectivity index is 1.37. The van der Waals surface area contributed by atoms with Gasteiger partial charge < -0.3 is 20.3 Å². The van der Waals surface area contributed by atoms with Gasteiger partial charge in [0.15, 0.2) is 5.96 Å². The summed E-state index contributed by atoms with van der Waals surface area (Å²) in [5.41, 5.74) is 3.64. The minimum atomic E-state index is -0.198. The van der Waals surface area contributed by atoms with Gasteiger partial charge in [-0.3, -0.25) is 4.99 Å². The van der Waals surface area contributed by atoms with Crippen LogP contribution in [0.15, 0.2) is 53.5 Å². The lowest BCUT2D eigenvalue weighted by Gasteiger charge is -2.38. The monoisotopic (exact) mass is 424 g/mol. The van der Waals surface area contributed by atoms with Gasteiger partial charge in [0.05, 0.1) is 0 Å². The first-order valence-corrected chi connectivity index (χ1v) is 11.2. The lowest BCUT2D eigenvalue weighted by molar-refractivity contribution is 0.0513. The maximum Gasteiger partial charge on any atom is 0.191 e. The zero-order chi connectivity index (χ0) is 21.7. The molecule has 6 heteroatoms. The number of guanidine groups is 1. The fourth-order valence-electron chi connectivity index (χ4n) is 4.64. The Kier molecular flexibility index (Phi) is 6.76. The largest absolute Gasteiger partial charge is 0.381 e. The fraction of sp³-hybridized carbons (Fsp3) is 0.480. The Morgan fingerprint density at radius 1 is 1.13 bits per heavy atom. The summed E-state index contributed by atoms with van der Waals surface area (Å²) in [6.45, 7) is 6.30. The molecule has 4 rings (SSSR count). The molecule has 166 valence electrons. The molecule has 31 heavy (non-hydrogen) atoms. The molecule has 5 nitrogen and oxygen atoms in total. The molecule has 0 aromatic heterocycles. The average molecular weight is 425 g/mol. The molecule has 0 saturated carbocycles. The lowest BCUT2D eigenvalue weighted by atomic mass is 9.74. The van der Waals surface area contributed by atoms with E-state index in [0.29, 0.717) is 6.04 Å². The first kappa shape index (κ1) is 21.6. The van der Waals surface area contributed by atoms with Crippen molar-refractivity contribution >= 4 is 11.6 Å². The van der Waals surface area contributed by atoms with E-state index in [-0.39, 0.29) is 11.2 Å². The normalized spacial score (nSPS) is 21.2. The number of benzene rings is 2. The van der Waals surface area contributed by atoms with Crippen molar-refractivity contribution in [3.8, 4) is 0 Å². The highest BCUT2D eigenvalue weighted by Crippen LogP contribution is 2.34. The van der Waals surface area contributed by atoms with Crippen LogP contribution >= 0.6 is 0 Å². The number of hydrogen-bond acceptors (Lipinski definition) is 3. The number of rotatable bonds is 5. The second-order valence-corrected chi connectivity index (χ2v) is 8.74. The number of anilines is 1. The molecule has 0 bridgehead atoms. The summed E-state index contributed by atoms with van der Waals surface area (Å²) in [5.74, 6) is 0.625. The van der Waals surface area contributed by atoms with Crippen LogP contribution in [0.2, 0.25) is 0 Å². The molecule has 2 aliphatic heterocycles. The molecule has 2 heterocycles. The van der Waals surface area contributed by atoms with E-state index >= 15 is 0 Å². The second kappa shape index (κ2) is 9.69. The van der Waals surface area contributed by atoms with Crippen molar-refractivity contribution < 1.29 is 9.13 Å².